The molecular weight excluding hydrogens is 238 g/mol. The molecule has 9 heteroatoms. The molecule has 0 spiro atoms. The number of aromatic amines is 1. The van der Waals surface area contributed by atoms with Crippen molar-refractivity contribution < 1.29 is 9.59 Å². The number of pyridine rings is 1. The minimum absolute atomic E-state index is 0.0675. The molecular formula is C9H9N7O2. The van der Waals surface area contributed by atoms with Crippen LogP contribution in [0.4, 0.5) is 11.8 Å². The zero-order chi connectivity index (χ0) is 13.0. The van der Waals surface area contributed by atoms with Gasteiger partial charge in [0.2, 0.25) is 5.91 Å². The molecule has 18 heavy (non-hydrogen) atoms. The number of nitrogens with one attached hydrogen (secondary N) is 3. The summed E-state index contributed by atoms with van der Waals surface area (Å²) >= 11 is 0. The highest BCUT2D eigenvalue weighted by molar-refractivity contribution is 6.04. The van der Waals surface area contributed by atoms with Gasteiger partial charge in [0.1, 0.15) is 5.82 Å². The molecule has 2 amide bonds. The van der Waals surface area contributed by atoms with E-state index in [4.69, 9.17) is 0 Å². The van der Waals surface area contributed by atoms with Crippen molar-refractivity contribution in [2.75, 3.05) is 10.6 Å². The van der Waals surface area contributed by atoms with Crippen molar-refractivity contribution >= 4 is 23.6 Å². The van der Waals surface area contributed by atoms with Gasteiger partial charge in [-0.1, -0.05) is 5.10 Å². The van der Waals surface area contributed by atoms with E-state index in [-0.39, 0.29) is 11.9 Å². The number of nitrogens with zero attached hydrogens (tertiary/aromatic N) is 4. The van der Waals surface area contributed by atoms with Gasteiger partial charge in [0.15, 0.2) is 0 Å². The van der Waals surface area contributed by atoms with E-state index >= 15 is 0 Å². The third-order valence-electron chi connectivity index (χ3n) is 1.90. The van der Waals surface area contributed by atoms with Crippen LogP contribution in [0.15, 0.2) is 18.3 Å². The van der Waals surface area contributed by atoms with Crippen LogP contribution < -0.4 is 10.6 Å². The fraction of sp³-hybridized carbons (Fsp3) is 0.111. The van der Waals surface area contributed by atoms with E-state index in [1.54, 1.807) is 0 Å². The topological polar surface area (TPSA) is 126 Å². The monoisotopic (exact) mass is 247 g/mol. The van der Waals surface area contributed by atoms with Gasteiger partial charge in [-0.05, 0) is 17.3 Å². The van der Waals surface area contributed by atoms with Gasteiger partial charge >= 0.3 is 0 Å². The largest absolute Gasteiger partial charge is 0.311 e. The minimum atomic E-state index is -0.426. The van der Waals surface area contributed by atoms with Crippen LogP contribution in [0.5, 0.6) is 0 Å². The average molecular weight is 247 g/mol. The summed E-state index contributed by atoms with van der Waals surface area (Å²) in [5, 5.41) is 17.6. The Morgan fingerprint density at radius 1 is 1.33 bits per heavy atom. The average Bonchev–Trinajstić information content (AvgIpc) is 2.81. The van der Waals surface area contributed by atoms with Crippen LogP contribution >= 0.6 is 0 Å². The first-order valence-electron chi connectivity index (χ1n) is 4.93. The Bertz CT molecular complexity index is 566. The highest BCUT2D eigenvalue weighted by atomic mass is 16.2. The molecule has 0 aromatic carbocycles. The van der Waals surface area contributed by atoms with E-state index in [1.165, 1.54) is 25.3 Å². The number of amides is 2. The van der Waals surface area contributed by atoms with Crippen LogP contribution in [0.2, 0.25) is 0 Å². The third-order valence-corrected chi connectivity index (χ3v) is 1.90. The third kappa shape index (κ3) is 2.84. The molecule has 0 aliphatic heterocycles. The molecule has 0 radical (unpaired) electrons. The number of carbonyl (C=O) groups is 2. The normalized spacial score (nSPS) is 9.83. The lowest BCUT2D eigenvalue weighted by Crippen LogP contribution is -2.14. The maximum absolute atomic E-state index is 11.8. The van der Waals surface area contributed by atoms with Crippen molar-refractivity contribution in [2.45, 2.75) is 6.92 Å². The second-order valence-corrected chi connectivity index (χ2v) is 3.30. The predicted octanol–water partition coefficient (Wildman–Crippen LogP) is -0.195. The van der Waals surface area contributed by atoms with Crippen molar-refractivity contribution in [1.82, 2.24) is 25.6 Å². The van der Waals surface area contributed by atoms with Crippen molar-refractivity contribution in [1.29, 1.82) is 0 Å². The summed E-state index contributed by atoms with van der Waals surface area (Å²) in [4.78, 5) is 26.5. The Morgan fingerprint density at radius 3 is 2.83 bits per heavy atom. The molecule has 0 unspecified atom stereocenters. The molecule has 2 aromatic heterocycles. The van der Waals surface area contributed by atoms with Gasteiger partial charge in [0, 0.05) is 18.7 Å². The van der Waals surface area contributed by atoms with Crippen LogP contribution in [0.1, 0.15) is 17.3 Å². The number of hydrogen-bond donors (Lipinski definition) is 3. The van der Waals surface area contributed by atoms with E-state index in [0.717, 1.165) is 0 Å². The van der Waals surface area contributed by atoms with Gasteiger partial charge in [-0.2, -0.15) is 5.21 Å². The smallest absolute Gasteiger partial charge is 0.270 e. The molecule has 2 aromatic rings. The van der Waals surface area contributed by atoms with Crippen LogP contribution in [0.25, 0.3) is 0 Å². The Labute approximate surface area is 101 Å². The summed E-state index contributed by atoms with van der Waals surface area (Å²) in [6.07, 6.45) is 1.41. The lowest BCUT2D eigenvalue weighted by atomic mass is 10.2. The maximum Gasteiger partial charge on any atom is 0.270 e. The molecule has 92 valence electrons. The number of carbonyl (C=O) groups excluding carboxylic acids is 2. The number of anilines is 2. The number of rotatable bonds is 3. The first kappa shape index (κ1) is 11.6. The Kier molecular flexibility index (Phi) is 3.23. The Morgan fingerprint density at radius 2 is 2.17 bits per heavy atom. The van der Waals surface area contributed by atoms with Crippen molar-refractivity contribution in [2.24, 2.45) is 0 Å². The minimum Gasteiger partial charge on any atom is -0.311 e. The van der Waals surface area contributed by atoms with Gasteiger partial charge in [-0.15, -0.1) is 5.10 Å². The van der Waals surface area contributed by atoms with Gasteiger partial charge in [-0.3, -0.25) is 14.9 Å². The van der Waals surface area contributed by atoms with Gasteiger partial charge < -0.3 is 5.32 Å². The van der Waals surface area contributed by atoms with E-state index in [1.807, 2.05) is 0 Å². The summed E-state index contributed by atoms with van der Waals surface area (Å²) in [5.74, 6) is -0.329. The fourth-order valence-electron chi connectivity index (χ4n) is 1.21. The molecule has 0 bridgehead atoms. The molecule has 3 N–H and O–H groups in total. The highest BCUT2D eigenvalue weighted by Gasteiger charge is 2.09. The zero-order valence-corrected chi connectivity index (χ0v) is 9.34. The summed E-state index contributed by atoms with van der Waals surface area (Å²) in [6, 6.07) is 2.94. The maximum atomic E-state index is 11.8. The molecule has 0 aliphatic carbocycles. The molecule has 0 saturated heterocycles. The van der Waals surface area contributed by atoms with Crippen LogP contribution in [0, 0.1) is 0 Å². The van der Waals surface area contributed by atoms with Crippen LogP contribution in [0.3, 0.4) is 0 Å². The second kappa shape index (κ2) is 4.99. The van der Waals surface area contributed by atoms with Gasteiger partial charge in [0.05, 0.1) is 0 Å². The van der Waals surface area contributed by atoms with Gasteiger partial charge in [0.25, 0.3) is 11.9 Å². The van der Waals surface area contributed by atoms with E-state index < -0.39 is 5.91 Å². The lowest BCUT2D eigenvalue weighted by Gasteiger charge is -2.03. The van der Waals surface area contributed by atoms with Crippen molar-refractivity contribution in [3.05, 3.63) is 23.9 Å². The number of H-pyrrole nitrogens is 1. The summed E-state index contributed by atoms with van der Waals surface area (Å²) in [5.41, 5.74) is 0.318. The summed E-state index contributed by atoms with van der Waals surface area (Å²) < 4.78 is 0. The highest BCUT2D eigenvalue weighted by Crippen LogP contribution is 2.08. The standard InChI is InChI=1S/C9H9N7O2/c1-5(17)11-7-4-6(2-3-10-7)8(18)12-9-13-15-16-14-9/h2-4H,1H3,(H,10,11,17)(H2,12,13,14,15,16,18). The number of aromatic nitrogens is 5. The quantitative estimate of drug-likeness (QED) is 0.689. The predicted molar refractivity (Wildman–Crippen MR) is 60.7 cm³/mol. The molecule has 2 heterocycles. The molecule has 2 rings (SSSR count). The lowest BCUT2D eigenvalue weighted by molar-refractivity contribution is -0.114. The molecule has 0 aliphatic rings. The SMILES string of the molecule is CC(=O)Nc1cc(C(=O)Nc2nn[nH]n2)ccn1. The number of hydrogen-bond acceptors (Lipinski definition) is 6. The molecule has 0 fully saturated rings. The fourth-order valence-corrected chi connectivity index (χ4v) is 1.21. The van der Waals surface area contributed by atoms with Crippen LogP contribution in [-0.4, -0.2) is 37.4 Å². The Hall–Kier alpha value is -2.84. The van der Waals surface area contributed by atoms with E-state index in [0.29, 0.717) is 11.4 Å². The zero-order valence-electron chi connectivity index (χ0n) is 9.34. The summed E-state index contributed by atoms with van der Waals surface area (Å²) in [6.45, 7) is 1.35. The van der Waals surface area contributed by atoms with Crippen LogP contribution in [-0.2, 0) is 4.79 Å². The first-order chi connectivity index (χ1) is 8.65. The van der Waals surface area contributed by atoms with E-state index in [9.17, 15) is 9.59 Å². The number of tetrazole rings is 1. The van der Waals surface area contributed by atoms with Gasteiger partial charge in [-0.25, -0.2) is 4.98 Å². The Balaban J connectivity index is 2.12. The second-order valence-electron chi connectivity index (χ2n) is 3.30. The first-order valence-corrected chi connectivity index (χ1v) is 4.93. The van der Waals surface area contributed by atoms with E-state index in [2.05, 4.69) is 36.2 Å². The van der Waals surface area contributed by atoms with Crippen molar-refractivity contribution in [3.63, 3.8) is 0 Å². The molecule has 9 nitrogen and oxygen atoms in total. The molecule has 0 saturated carbocycles. The van der Waals surface area contributed by atoms with Crippen molar-refractivity contribution in [3.8, 4) is 0 Å². The summed E-state index contributed by atoms with van der Waals surface area (Å²) in [7, 11) is 0. The molecule has 0 atom stereocenters.